The highest BCUT2D eigenvalue weighted by molar-refractivity contribution is 5.80. The van der Waals surface area contributed by atoms with Crippen LogP contribution in [0.2, 0.25) is 0 Å². The maximum Gasteiger partial charge on any atom is 0.193 e. The second kappa shape index (κ2) is 9.07. The molecule has 2 fully saturated rings. The highest BCUT2D eigenvalue weighted by atomic mass is 15.3. The molecule has 24 heavy (non-hydrogen) atoms. The van der Waals surface area contributed by atoms with Gasteiger partial charge in [-0.15, -0.1) is 0 Å². The normalized spacial score (nSPS) is 22.3. The molecular formula is C20H32N4. The van der Waals surface area contributed by atoms with Gasteiger partial charge in [0, 0.05) is 32.1 Å². The molecule has 1 aromatic rings. The largest absolute Gasteiger partial charge is 0.357 e. The number of rotatable bonds is 6. The van der Waals surface area contributed by atoms with Crippen molar-refractivity contribution in [1.82, 2.24) is 15.1 Å². The van der Waals surface area contributed by atoms with E-state index in [1.807, 2.05) is 0 Å². The monoisotopic (exact) mass is 328 g/mol. The second-order valence-electron chi connectivity index (χ2n) is 6.98. The number of guanidine groups is 1. The first kappa shape index (κ1) is 17.3. The molecule has 2 saturated heterocycles. The average molecular weight is 329 g/mol. The fourth-order valence-electron chi connectivity index (χ4n) is 3.86. The summed E-state index contributed by atoms with van der Waals surface area (Å²) in [6.07, 6.45) is 5.15. The number of nitrogens with one attached hydrogen (secondary N) is 1. The molecule has 2 heterocycles. The third-order valence-electron chi connectivity index (χ3n) is 5.19. The Balaban J connectivity index is 1.50. The zero-order valence-corrected chi connectivity index (χ0v) is 15.1. The Morgan fingerprint density at radius 3 is 2.71 bits per heavy atom. The van der Waals surface area contributed by atoms with Crippen LogP contribution in [0.15, 0.2) is 35.3 Å². The minimum atomic E-state index is 0.639. The Labute approximate surface area is 146 Å². The molecule has 1 N–H and O–H groups in total. The molecule has 0 saturated carbocycles. The summed E-state index contributed by atoms with van der Waals surface area (Å²) in [5, 5.41) is 3.49. The summed E-state index contributed by atoms with van der Waals surface area (Å²) in [5.41, 5.74) is 1.46. The highest BCUT2D eigenvalue weighted by Crippen LogP contribution is 2.26. The molecule has 0 aliphatic carbocycles. The molecule has 4 nitrogen and oxygen atoms in total. The number of likely N-dealkylation sites (tertiary alicyclic amines) is 2. The van der Waals surface area contributed by atoms with Gasteiger partial charge in [-0.05, 0) is 57.8 Å². The smallest absolute Gasteiger partial charge is 0.193 e. The quantitative estimate of drug-likeness (QED) is 0.495. The van der Waals surface area contributed by atoms with Crippen molar-refractivity contribution in [2.24, 2.45) is 4.99 Å². The predicted molar refractivity (Wildman–Crippen MR) is 102 cm³/mol. The standard InChI is InChI=1S/C20H32N4/c1-2-21-20(22-12-8-15-23-13-6-7-14-23)24-16-11-19(17-24)18-9-4-3-5-10-18/h3-5,9-10,19H,2,6-8,11-17H2,1H3,(H,21,22). The predicted octanol–water partition coefficient (Wildman–Crippen LogP) is 2.93. The number of benzene rings is 1. The Bertz CT molecular complexity index is 508. The molecule has 0 amide bonds. The zero-order chi connectivity index (χ0) is 16.6. The van der Waals surface area contributed by atoms with Crippen molar-refractivity contribution < 1.29 is 0 Å². The molecule has 0 radical (unpaired) electrons. The molecule has 2 aliphatic heterocycles. The van der Waals surface area contributed by atoms with Gasteiger partial charge in [0.15, 0.2) is 5.96 Å². The third-order valence-corrected chi connectivity index (χ3v) is 5.19. The van der Waals surface area contributed by atoms with Crippen LogP contribution in [0.4, 0.5) is 0 Å². The van der Waals surface area contributed by atoms with E-state index < -0.39 is 0 Å². The SMILES string of the molecule is CCNC(=NCCCN1CCCC1)N1CCC(c2ccccc2)C1. The van der Waals surface area contributed by atoms with Crippen LogP contribution in [0.25, 0.3) is 0 Å². The van der Waals surface area contributed by atoms with Crippen molar-refractivity contribution in [3.63, 3.8) is 0 Å². The summed E-state index contributed by atoms with van der Waals surface area (Å²) in [6, 6.07) is 10.9. The van der Waals surface area contributed by atoms with Crippen molar-refractivity contribution in [2.45, 2.75) is 38.5 Å². The number of hydrogen-bond donors (Lipinski definition) is 1. The van der Waals surface area contributed by atoms with Crippen molar-refractivity contribution in [1.29, 1.82) is 0 Å². The van der Waals surface area contributed by atoms with Crippen molar-refractivity contribution in [3.8, 4) is 0 Å². The molecule has 3 rings (SSSR count). The van der Waals surface area contributed by atoms with Crippen LogP contribution in [0.5, 0.6) is 0 Å². The van der Waals surface area contributed by atoms with Crippen LogP contribution in [-0.4, -0.2) is 61.6 Å². The van der Waals surface area contributed by atoms with E-state index in [9.17, 15) is 0 Å². The van der Waals surface area contributed by atoms with Gasteiger partial charge in [0.05, 0.1) is 0 Å². The van der Waals surface area contributed by atoms with Gasteiger partial charge < -0.3 is 15.1 Å². The first-order valence-corrected chi connectivity index (χ1v) is 9.67. The first-order valence-electron chi connectivity index (χ1n) is 9.67. The lowest BCUT2D eigenvalue weighted by atomic mass is 9.99. The van der Waals surface area contributed by atoms with Gasteiger partial charge in [0.2, 0.25) is 0 Å². The summed E-state index contributed by atoms with van der Waals surface area (Å²) in [6.45, 7) is 10.0. The molecule has 4 heteroatoms. The van der Waals surface area contributed by atoms with Gasteiger partial charge >= 0.3 is 0 Å². The van der Waals surface area contributed by atoms with Crippen LogP contribution < -0.4 is 5.32 Å². The molecule has 2 aliphatic rings. The number of hydrogen-bond acceptors (Lipinski definition) is 2. The van der Waals surface area contributed by atoms with Crippen molar-refractivity contribution >= 4 is 5.96 Å². The summed E-state index contributed by atoms with van der Waals surface area (Å²) in [7, 11) is 0. The van der Waals surface area contributed by atoms with E-state index in [0.717, 1.165) is 32.1 Å². The van der Waals surface area contributed by atoms with Gasteiger partial charge in [0.1, 0.15) is 0 Å². The maximum atomic E-state index is 4.89. The molecule has 1 atom stereocenters. The van der Waals surface area contributed by atoms with Crippen molar-refractivity contribution in [3.05, 3.63) is 35.9 Å². The van der Waals surface area contributed by atoms with Gasteiger partial charge in [-0.25, -0.2) is 0 Å². The van der Waals surface area contributed by atoms with Gasteiger partial charge in [-0.2, -0.15) is 0 Å². The zero-order valence-electron chi connectivity index (χ0n) is 15.1. The molecule has 132 valence electrons. The van der Waals surface area contributed by atoms with E-state index in [1.165, 1.54) is 50.9 Å². The van der Waals surface area contributed by atoms with Crippen LogP contribution in [0.3, 0.4) is 0 Å². The fraction of sp³-hybridized carbons (Fsp3) is 0.650. The molecule has 0 spiro atoms. The van der Waals surface area contributed by atoms with Crippen LogP contribution >= 0.6 is 0 Å². The summed E-state index contributed by atoms with van der Waals surface area (Å²) >= 11 is 0. The lowest BCUT2D eigenvalue weighted by Gasteiger charge is -2.22. The Kier molecular flexibility index (Phi) is 6.53. The second-order valence-corrected chi connectivity index (χ2v) is 6.98. The molecule has 0 aromatic heterocycles. The fourth-order valence-corrected chi connectivity index (χ4v) is 3.86. The van der Waals surface area contributed by atoms with Gasteiger partial charge in [0.25, 0.3) is 0 Å². The summed E-state index contributed by atoms with van der Waals surface area (Å²) < 4.78 is 0. The summed E-state index contributed by atoms with van der Waals surface area (Å²) in [4.78, 5) is 9.90. The van der Waals surface area contributed by atoms with E-state index in [-0.39, 0.29) is 0 Å². The van der Waals surface area contributed by atoms with Crippen LogP contribution in [0.1, 0.15) is 44.1 Å². The van der Waals surface area contributed by atoms with Crippen LogP contribution in [-0.2, 0) is 0 Å². The lowest BCUT2D eigenvalue weighted by molar-refractivity contribution is 0.336. The maximum absolute atomic E-state index is 4.89. The van der Waals surface area contributed by atoms with E-state index in [2.05, 4.69) is 52.4 Å². The van der Waals surface area contributed by atoms with Gasteiger partial charge in [-0.3, -0.25) is 4.99 Å². The molecule has 1 unspecified atom stereocenters. The summed E-state index contributed by atoms with van der Waals surface area (Å²) in [5.74, 6) is 1.75. The topological polar surface area (TPSA) is 30.9 Å². The highest BCUT2D eigenvalue weighted by Gasteiger charge is 2.25. The first-order chi connectivity index (χ1) is 11.9. The molecule has 0 bridgehead atoms. The minimum Gasteiger partial charge on any atom is -0.357 e. The number of aliphatic imine (C=N–C) groups is 1. The van der Waals surface area contributed by atoms with E-state index in [0.29, 0.717) is 5.92 Å². The number of nitrogens with zero attached hydrogens (tertiary/aromatic N) is 3. The minimum absolute atomic E-state index is 0.639. The Hall–Kier alpha value is -1.55. The van der Waals surface area contributed by atoms with E-state index in [1.54, 1.807) is 0 Å². The lowest BCUT2D eigenvalue weighted by Crippen LogP contribution is -2.40. The Morgan fingerprint density at radius 1 is 1.17 bits per heavy atom. The van der Waals surface area contributed by atoms with E-state index in [4.69, 9.17) is 4.99 Å². The molecule has 1 aromatic carbocycles. The van der Waals surface area contributed by atoms with Crippen molar-refractivity contribution in [2.75, 3.05) is 45.8 Å². The van der Waals surface area contributed by atoms with Gasteiger partial charge in [-0.1, -0.05) is 30.3 Å². The van der Waals surface area contributed by atoms with E-state index >= 15 is 0 Å². The molecular weight excluding hydrogens is 296 g/mol. The average Bonchev–Trinajstić information content (AvgIpc) is 3.30. The third kappa shape index (κ3) is 4.73. The Morgan fingerprint density at radius 2 is 1.96 bits per heavy atom. The van der Waals surface area contributed by atoms with Crippen LogP contribution in [0, 0.1) is 0 Å².